The predicted molar refractivity (Wildman–Crippen MR) is 117 cm³/mol. The van der Waals surface area contributed by atoms with Crippen molar-refractivity contribution < 1.29 is 13.9 Å². The largest absolute Gasteiger partial charge is 0.381 e. The molecule has 2 amide bonds. The first kappa shape index (κ1) is 20.0. The Hall–Kier alpha value is -1.32. The van der Waals surface area contributed by atoms with Crippen LogP contribution in [0.25, 0.3) is 0 Å². The van der Waals surface area contributed by atoms with E-state index in [2.05, 4.69) is 33.2 Å². The van der Waals surface area contributed by atoms with Gasteiger partial charge in [0.05, 0.1) is 24.4 Å². The van der Waals surface area contributed by atoms with Crippen LogP contribution in [0.5, 0.6) is 0 Å². The lowest BCUT2D eigenvalue weighted by atomic mass is 10.0. The third kappa shape index (κ3) is 4.80. The molecule has 1 aromatic rings. The van der Waals surface area contributed by atoms with E-state index in [-0.39, 0.29) is 27.9 Å². The number of likely N-dealkylation sites (tertiary alicyclic amines) is 1. The van der Waals surface area contributed by atoms with Crippen molar-refractivity contribution >= 4 is 45.9 Å². The Kier molecular flexibility index (Phi) is 6.13. The van der Waals surface area contributed by atoms with Crippen molar-refractivity contribution in [2.45, 2.75) is 28.9 Å². The number of hydrogen-bond acceptors (Lipinski definition) is 3. The number of urea groups is 1. The first-order valence-corrected chi connectivity index (χ1v) is 11.0. The number of nitrogens with zero attached hydrogens (tertiary/aromatic N) is 1. The highest BCUT2D eigenvalue weighted by molar-refractivity contribution is 14.1. The summed E-state index contributed by atoms with van der Waals surface area (Å²) in [5, 5.41) is 6.76. The highest BCUT2D eigenvalue weighted by atomic mass is 127. The lowest BCUT2D eigenvalue weighted by molar-refractivity contribution is 0.204. The van der Waals surface area contributed by atoms with Gasteiger partial charge in [0.15, 0.2) is 0 Å². The monoisotopic (exact) mass is 517 g/mol. The first-order valence-electron chi connectivity index (χ1n) is 9.40. The summed E-state index contributed by atoms with van der Waals surface area (Å²) >= 11 is 8.13. The van der Waals surface area contributed by atoms with Gasteiger partial charge in [0, 0.05) is 33.6 Å². The highest BCUT2D eigenvalue weighted by Crippen LogP contribution is 2.33. The molecule has 1 aliphatic carbocycles. The number of halogens is 3. The number of rotatable bonds is 5. The molecule has 0 spiro atoms. The molecular weight excluding hydrogens is 496 g/mol. The average molecular weight is 518 g/mol. The topological polar surface area (TPSA) is 56.9 Å². The zero-order valence-electron chi connectivity index (χ0n) is 15.2. The summed E-state index contributed by atoms with van der Waals surface area (Å²) in [6.07, 6.45) is 5.41. The third-order valence-corrected chi connectivity index (χ3v) is 6.47. The minimum atomic E-state index is -0.220. The maximum Gasteiger partial charge on any atom is 0.322 e. The van der Waals surface area contributed by atoms with Crippen molar-refractivity contribution in [3.63, 3.8) is 0 Å². The fourth-order valence-corrected chi connectivity index (χ4v) is 4.45. The quantitative estimate of drug-likeness (QED) is 0.344. The molecular formula is C20H22ClFIN3O2. The molecule has 4 rings (SSSR count). The van der Waals surface area contributed by atoms with Crippen molar-refractivity contribution in [3.8, 4) is 0 Å². The second kappa shape index (κ2) is 8.59. The summed E-state index contributed by atoms with van der Waals surface area (Å²) in [6, 6.07) is 6.86. The van der Waals surface area contributed by atoms with E-state index in [4.69, 9.17) is 16.3 Å². The molecule has 3 unspecified atom stereocenters. The molecule has 2 aliphatic heterocycles. The van der Waals surface area contributed by atoms with Gasteiger partial charge in [0.2, 0.25) is 0 Å². The van der Waals surface area contributed by atoms with Crippen molar-refractivity contribution in [2.75, 3.05) is 25.0 Å². The van der Waals surface area contributed by atoms with E-state index in [1.165, 1.54) is 0 Å². The molecule has 150 valence electrons. The number of allylic oxidation sites excluding steroid dienone is 3. The maximum absolute atomic E-state index is 14.2. The zero-order valence-corrected chi connectivity index (χ0v) is 18.1. The van der Waals surface area contributed by atoms with Gasteiger partial charge in [0.25, 0.3) is 0 Å². The normalized spacial score (nSPS) is 29.2. The summed E-state index contributed by atoms with van der Waals surface area (Å²) in [7, 11) is 0. The van der Waals surface area contributed by atoms with Crippen molar-refractivity contribution in [2.24, 2.45) is 5.92 Å². The molecule has 8 heteroatoms. The van der Waals surface area contributed by atoms with Gasteiger partial charge in [-0.1, -0.05) is 40.3 Å². The third-order valence-electron chi connectivity index (χ3n) is 5.35. The van der Waals surface area contributed by atoms with Crippen molar-refractivity contribution in [1.82, 2.24) is 10.2 Å². The van der Waals surface area contributed by atoms with Gasteiger partial charge in [-0.05, 0) is 43.2 Å². The van der Waals surface area contributed by atoms with Crippen molar-refractivity contribution in [1.29, 1.82) is 0 Å². The highest BCUT2D eigenvalue weighted by Gasteiger charge is 2.43. The summed E-state index contributed by atoms with van der Waals surface area (Å²) in [4.78, 5) is 14.7. The van der Waals surface area contributed by atoms with E-state index >= 15 is 0 Å². The number of nitrogens with one attached hydrogen (secondary N) is 2. The van der Waals surface area contributed by atoms with Crippen LogP contribution in [0.1, 0.15) is 12.8 Å². The standard InChI is InChI=1S/C20H22ClFIN3O2/c21-13-1-4-15(5-2-13)25-20(27)26-10-12(19-11-28-19)7-16(26)9-24-18-6-3-14(23)8-17(18)22/h1-2,4-6,8,12,14,16,19,24H,3,7,9-11H2,(H,25,27)/t12?,14?,16-,19?/m1/s1. The number of carbonyl (C=O) groups excluding carboxylic acids is 1. The number of hydrogen-bond donors (Lipinski definition) is 2. The van der Waals surface area contributed by atoms with E-state index in [0.717, 1.165) is 19.4 Å². The maximum atomic E-state index is 14.2. The van der Waals surface area contributed by atoms with Crippen LogP contribution in [0.2, 0.25) is 5.02 Å². The molecule has 2 saturated heterocycles. The van der Waals surface area contributed by atoms with Gasteiger partial charge in [-0.3, -0.25) is 0 Å². The van der Waals surface area contributed by atoms with E-state index in [1.54, 1.807) is 30.3 Å². The van der Waals surface area contributed by atoms with Gasteiger partial charge in [-0.25, -0.2) is 9.18 Å². The molecule has 0 aromatic heterocycles. The fourth-order valence-electron chi connectivity index (χ4n) is 3.75. The van der Waals surface area contributed by atoms with Crippen LogP contribution < -0.4 is 10.6 Å². The number of alkyl halides is 1. The summed E-state index contributed by atoms with van der Waals surface area (Å²) in [5.74, 6) is 0.102. The zero-order chi connectivity index (χ0) is 19.7. The minimum absolute atomic E-state index is 0.0208. The first-order chi connectivity index (χ1) is 13.5. The lowest BCUT2D eigenvalue weighted by Gasteiger charge is -2.26. The molecule has 5 nitrogen and oxygen atoms in total. The van der Waals surface area contributed by atoms with Crippen LogP contribution in [0, 0.1) is 5.92 Å². The average Bonchev–Trinajstić information content (AvgIpc) is 3.43. The van der Waals surface area contributed by atoms with Crippen molar-refractivity contribution in [3.05, 3.63) is 53.0 Å². The van der Waals surface area contributed by atoms with Crippen LogP contribution in [0.4, 0.5) is 14.9 Å². The predicted octanol–water partition coefficient (Wildman–Crippen LogP) is 4.50. The van der Waals surface area contributed by atoms with Crippen LogP contribution in [0.3, 0.4) is 0 Å². The van der Waals surface area contributed by atoms with E-state index < -0.39 is 0 Å². The van der Waals surface area contributed by atoms with E-state index in [1.807, 2.05) is 11.0 Å². The van der Waals surface area contributed by atoms with Crippen LogP contribution in [0.15, 0.2) is 47.9 Å². The van der Waals surface area contributed by atoms with Gasteiger partial charge in [-0.15, -0.1) is 0 Å². The molecule has 1 aromatic carbocycles. The van der Waals surface area contributed by atoms with Crippen LogP contribution in [-0.2, 0) is 4.74 Å². The minimum Gasteiger partial charge on any atom is -0.381 e. The summed E-state index contributed by atoms with van der Waals surface area (Å²) < 4.78 is 19.8. The number of benzene rings is 1. The van der Waals surface area contributed by atoms with Crippen LogP contribution >= 0.6 is 34.2 Å². The number of epoxide rings is 1. The van der Waals surface area contributed by atoms with E-state index in [9.17, 15) is 9.18 Å². The Morgan fingerprint density at radius 1 is 1.36 bits per heavy atom. The van der Waals surface area contributed by atoms with Gasteiger partial charge in [-0.2, -0.15) is 0 Å². The van der Waals surface area contributed by atoms with Crippen LogP contribution in [-0.4, -0.2) is 46.7 Å². The molecule has 2 fully saturated rings. The Morgan fingerprint density at radius 3 is 2.79 bits per heavy atom. The Morgan fingerprint density at radius 2 is 2.11 bits per heavy atom. The Balaban J connectivity index is 1.40. The smallest absolute Gasteiger partial charge is 0.322 e. The Labute approximate surface area is 182 Å². The molecule has 0 saturated carbocycles. The fraction of sp³-hybridized carbons (Fsp3) is 0.450. The molecule has 0 radical (unpaired) electrons. The molecule has 0 bridgehead atoms. The number of anilines is 1. The Bertz CT molecular complexity index is 797. The second-order valence-electron chi connectivity index (χ2n) is 7.38. The van der Waals surface area contributed by atoms with Gasteiger partial charge < -0.3 is 20.3 Å². The molecule has 4 atom stereocenters. The molecule has 3 aliphatic rings. The van der Waals surface area contributed by atoms with Gasteiger partial charge in [0.1, 0.15) is 5.83 Å². The molecule has 28 heavy (non-hydrogen) atoms. The second-order valence-corrected chi connectivity index (χ2v) is 9.41. The lowest BCUT2D eigenvalue weighted by Crippen LogP contribution is -2.43. The molecule has 2 heterocycles. The summed E-state index contributed by atoms with van der Waals surface area (Å²) in [6.45, 7) is 1.91. The number of amides is 2. The molecule has 2 N–H and O–H groups in total. The number of ether oxygens (including phenoxy) is 1. The number of carbonyl (C=O) groups is 1. The summed E-state index contributed by atoms with van der Waals surface area (Å²) in [5.41, 5.74) is 1.22. The van der Waals surface area contributed by atoms with Gasteiger partial charge >= 0.3 is 6.03 Å². The SMILES string of the molecule is O=C(Nc1ccc(Cl)cc1)N1CC(C2CO2)C[C@@H]1CNC1=CCC(I)C=C1F. The van der Waals surface area contributed by atoms with E-state index in [0.29, 0.717) is 35.4 Å².